The molecule has 0 atom stereocenters. The van der Waals surface area contributed by atoms with Gasteiger partial charge in [-0.05, 0) is 24.3 Å². The first-order valence-corrected chi connectivity index (χ1v) is 5.17. The summed E-state index contributed by atoms with van der Waals surface area (Å²) in [7, 11) is 0. The number of rotatable bonds is 1. The van der Waals surface area contributed by atoms with Crippen LogP contribution in [0.25, 0.3) is 22.4 Å². The van der Waals surface area contributed by atoms with E-state index in [2.05, 4.69) is 4.98 Å². The maximum Gasteiger partial charge on any atom is 0.378 e. The number of fused-ring (bicyclic) bond motifs is 1. The van der Waals surface area contributed by atoms with E-state index in [1.54, 1.807) is 6.20 Å². The molecule has 0 amide bonds. The molecule has 2 heteroatoms. The van der Waals surface area contributed by atoms with Gasteiger partial charge in [-0.3, -0.25) is 0 Å². The van der Waals surface area contributed by atoms with Gasteiger partial charge in [-0.1, -0.05) is 18.2 Å². The standard InChI is InChI=1S/C14H10NO/c1-2-7-13-11(5-1)8-9-14(16-13)12-6-3-4-10-15-12/h1-10H/q+1. The third kappa shape index (κ3) is 1.54. The summed E-state index contributed by atoms with van der Waals surface area (Å²) in [4.78, 5) is 4.26. The minimum Gasteiger partial charge on any atom is -0.247 e. The van der Waals surface area contributed by atoms with Crippen LogP contribution in [0.5, 0.6) is 0 Å². The highest BCUT2D eigenvalue weighted by Gasteiger charge is 2.14. The van der Waals surface area contributed by atoms with E-state index in [0.717, 1.165) is 22.4 Å². The van der Waals surface area contributed by atoms with Gasteiger partial charge in [0, 0.05) is 18.3 Å². The zero-order chi connectivity index (χ0) is 10.8. The maximum atomic E-state index is 5.79. The predicted molar refractivity (Wildman–Crippen MR) is 63.9 cm³/mol. The zero-order valence-corrected chi connectivity index (χ0v) is 8.63. The smallest absolute Gasteiger partial charge is 0.247 e. The monoisotopic (exact) mass is 208 g/mol. The molecule has 3 aromatic rings. The highest BCUT2D eigenvalue weighted by atomic mass is 16.3. The summed E-state index contributed by atoms with van der Waals surface area (Å²) in [5.41, 5.74) is 1.74. The molecule has 0 aliphatic rings. The van der Waals surface area contributed by atoms with Crippen molar-refractivity contribution in [2.45, 2.75) is 0 Å². The lowest BCUT2D eigenvalue weighted by Crippen LogP contribution is -1.81. The van der Waals surface area contributed by atoms with E-state index >= 15 is 0 Å². The van der Waals surface area contributed by atoms with Gasteiger partial charge in [0.15, 0.2) is 5.69 Å². The molecular weight excluding hydrogens is 198 g/mol. The van der Waals surface area contributed by atoms with E-state index < -0.39 is 0 Å². The number of pyridine rings is 1. The molecule has 2 nitrogen and oxygen atoms in total. The maximum absolute atomic E-state index is 5.79. The lowest BCUT2D eigenvalue weighted by Gasteiger charge is -1.91. The predicted octanol–water partition coefficient (Wildman–Crippen LogP) is 3.78. The molecule has 0 fully saturated rings. The zero-order valence-electron chi connectivity index (χ0n) is 8.63. The first kappa shape index (κ1) is 9.04. The molecule has 0 saturated heterocycles. The van der Waals surface area contributed by atoms with E-state index in [9.17, 15) is 0 Å². The average molecular weight is 208 g/mol. The van der Waals surface area contributed by atoms with Crippen molar-refractivity contribution in [2.24, 2.45) is 0 Å². The fraction of sp³-hybridized carbons (Fsp3) is 0. The van der Waals surface area contributed by atoms with Crippen LogP contribution in [0.2, 0.25) is 0 Å². The van der Waals surface area contributed by atoms with Gasteiger partial charge in [0.2, 0.25) is 0 Å². The van der Waals surface area contributed by atoms with Crippen LogP contribution in [-0.4, -0.2) is 4.98 Å². The lowest BCUT2D eigenvalue weighted by molar-refractivity contribution is 0.617. The lowest BCUT2D eigenvalue weighted by atomic mass is 10.2. The Morgan fingerprint density at radius 2 is 1.69 bits per heavy atom. The van der Waals surface area contributed by atoms with Gasteiger partial charge in [0.05, 0.1) is 5.39 Å². The molecule has 16 heavy (non-hydrogen) atoms. The Morgan fingerprint density at radius 1 is 0.812 bits per heavy atom. The van der Waals surface area contributed by atoms with Crippen molar-refractivity contribution in [3.63, 3.8) is 0 Å². The second-order valence-electron chi connectivity index (χ2n) is 3.55. The third-order valence-corrected chi connectivity index (χ3v) is 2.47. The molecular formula is C14H10NO+. The summed E-state index contributed by atoms with van der Waals surface area (Å²) >= 11 is 0. The molecule has 2 heterocycles. The van der Waals surface area contributed by atoms with Crippen molar-refractivity contribution in [3.8, 4) is 11.5 Å². The molecule has 0 aliphatic heterocycles. The second kappa shape index (κ2) is 3.74. The molecule has 0 aliphatic carbocycles. The number of benzene rings is 1. The molecule has 0 radical (unpaired) electrons. The van der Waals surface area contributed by atoms with Crippen molar-refractivity contribution < 1.29 is 4.42 Å². The summed E-state index contributed by atoms with van der Waals surface area (Å²) in [6, 6.07) is 17.7. The fourth-order valence-corrected chi connectivity index (χ4v) is 1.68. The number of hydrogen-bond acceptors (Lipinski definition) is 1. The van der Waals surface area contributed by atoms with E-state index in [4.69, 9.17) is 4.42 Å². The van der Waals surface area contributed by atoms with Crippen molar-refractivity contribution in [3.05, 3.63) is 60.8 Å². The summed E-state index contributed by atoms with van der Waals surface area (Å²) in [6.45, 7) is 0. The van der Waals surface area contributed by atoms with E-state index in [0.29, 0.717) is 0 Å². The molecule has 0 N–H and O–H groups in total. The Kier molecular flexibility index (Phi) is 2.11. The Bertz CT molecular complexity index is 620. The number of aromatic nitrogens is 1. The largest absolute Gasteiger partial charge is 0.378 e. The number of nitrogens with zero attached hydrogens (tertiary/aromatic N) is 1. The first-order valence-electron chi connectivity index (χ1n) is 5.17. The normalized spacial score (nSPS) is 10.5. The number of hydrogen-bond donors (Lipinski definition) is 0. The summed E-state index contributed by atoms with van der Waals surface area (Å²) in [5.74, 6) is 0.791. The van der Waals surface area contributed by atoms with E-state index in [1.165, 1.54) is 0 Å². The topological polar surface area (TPSA) is 24.2 Å². The average Bonchev–Trinajstić information content (AvgIpc) is 2.39. The van der Waals surface area contributed by atoms with Crippen LogP contribution in [0.1, 0.15) is 0 Å². The summed E-state index contributed by atoms with van der Waals surface area (Å²) < 4.78 is 5.79. The van der Waals surface area contributed by atoms with Crippen molar-refractivity contribution >= 4 is 11.0 Å². The molecule has 0 spiro atoms. The van der Waals surface area contributed by atoms with Gasteiger partial charge < -0.3 is 0 Å². The molecule has 0 saturated carbocycles. The SMILES string of the molecule is c1ccc(-c2ccc3ccccc3[o+]2)nc1. The molecule has 0 unspecified atom stereocenters. The summed E-state index contributed by atoms with van der Waals surface area (Å²) in [5, 5.41) is 1.10. The first-order chi connectivity index (χ1) is 7.93. The molecule has 1 aromatic carbocycles. The van der Waals surface area contributed by atoms with Crippen LogP contribution >= 0.6 is 0 Å². The van der Waals surface area contributed by atoms with Crippen LogP contribution in [0.3, 0.4) is 0 Å². The van der Waals surface area contributed by atoms with Crippen molar-refractivity contribution in [1.82, 2.24) is 4.98 Å². The molecule has 0 bridgehead atoms. The second-order valence-corrected chi connectivity index (χ2v) is 3.55. The van der Waals surface area contributed by atoms with Crippen LogP contribution in [0.4, 0.5) is 0 Å². The Morgan fingerprint density at radius 3 is 2.56 bits per heavy atom. The highest BCUT2D eigenvalue weighted by molar-refractivity contribution is 5.78. The van der Waals surface area contributed by atoms with E-state index in [1.807, 2.05) is 54.6 Å². The van der Waals surface area contributed by atoms with Crippen LogP contribution in [0, 0.1) is 0 Å². The van der Waals surface area contributed by atoms with E-state index in [-0.39, 0.29) is 0 Å². The van der Waals surface area contributed by atoms with Gasteiger partial charge in [-0.2, -0.15) is 0 Å². The highest BCUT2D eigenvalue weighted by Crippen LogP contribution is 2.22. The Hall–Kier alpha value is -2.22. The van der Waals surface area contributed by atoms with Gasteiger partial charge in [0.25, 0.3) is 0 Å². The quantitative estimate of drug-likeness (QED) is 0.568. The van der Waals surface area contributed by atoms with Gasteiger partial charge in [-0.15, -0.1) is 0 Å². The van der Waals surface area contributed by atoms with Crippen LogP contribution in [-0.2, 0) is 0 Å². The Labute approximate surface area is 93.2 Å². The molecule has 2 aromatic heterocycles. The number of para-hydroxylation sites is 1. The van der Waals surface area contributed by atoms with Gasteiger partial charge in [-0.25, -0.2) is 9.40 Å². The van der Waals surface area contributed by atoms with Crippen LogP contribution < -0.4 is 0 Å². The Balaban J connectivity index is 2.19. The third-order valence-electron chi connectivity index (χ3n) is 2.47. The fourth-order valence-electron chi connectivity index (χ4n) is 1.68. The van der Waals surface area contributed by atoms with Crippen LogP contribution in [0.15, 0.2) is 65.2 Å². The summed E-state index contributed by atoms with van der Waals surface area (Å²) in [6.07, 6.45) is 1.76. The van der Waals surface area contributed by atoms with Crippen molar-refractivity contribution in [1.29, 1.82) is 0 Å². The van der Waals surface area contributed by atoms with Gasteiger partial charge in [0.1, 0.15) is 0 Å². The molecule has 76 valence electrons. The minimum absolute atomic E-state index is 0.791. The minimum atomic E-state index is 0.791. The molecule has 3 rings (SSSR count). The van der Waals surface area contributed by atoms with Crippen molar-refractivity contribution in [2.75, 3.05) is 0 Å². The van der Waals surface area contributed by atoms with Gasteiger partial charge >= 0.3 is 11.3 Å².